The third-order valence-electron chi connectivity index (χ3n) is 3.40. The first-order valence-corrected chi connectivity index (χ1v) is 7.63. The van der Waals surface area contributed by atoms with Gasteiger partial charge in [-0.2, -0.15) is 0 Å². The van der Waals surface area contributed by atoms with Crippen LogP contribution in [0.1, 0.15) is 40.3 Å². The van der Waals surface area contributed by atoms with Gasteiger partial charge >= 0.3 is 0 Å². The number of benzene rings is 1. The largest absolute Gasteiger partial charge is 0.387 e. The van der Waals surface area contributed by atoms with Crippen LogP contribution in [0.3, 0.4) is 0 Å². The summed E-state index contributed by atoms with van der Waals surface area (Å²) in [4.78, 5) is 5.56. The van der Waals surface area contributed by atoms with Gasteiger partial charge in [-0.25, -0.2) is 9.37 Å². The van der Waals surface area contributed by atoms with E-state index in [1.165, 1.54) is 23.9 Å². The molecule has 1 saturated carbocycles. The Morgan fingerprint density at radius 1 is 1.40 bits per heavy atom. The van der Waals surface area contributed by atoms with Crippen LogP contribution < -0.4 is 5.32 Å². The van der Waals surface area contributed by atoms with Gasteiger partial charge in [0.1, 0.15) is 5.82 Å². The van der Waals surface area contributed by atoms with Gasteiger partial charge in [0, 0.05) is 35.6 Å². The Hall–Kier alpha value is -1.30. The Bertz CT molecular complexity index is 583. The zero-order chi connectivity index (χ0) is 13.9. The second-order valence-corrected chi connectivity index (χ2v) is 6.25. The van der Waals surface area contributed by atoms with E-state index < -0.39 is 6.10 Å². The number of halogens is 1. The van der Waals surface area contributed by atoms with Gasteiger partial charge in [-0.1, -0.05) is 18.2 Å². The molecule has 2 aromatic rings. The van der Waals surface area contributed by atoms with Crippen LogP contribution in [0.4, 0.5) is 4.39 Å². The van der Waals surface area contributed by atoms with Gasteiger partial charge in [0.25, 0.3) is 0 Å². The molecule has 0 bridgehead atoms. The van der Waals surface area contributed by atoms with E-state index in [1.807, 2.05) is 6.20 Å². The molecule has 0 aliphatic heterocycles. The van der Waals surface area contributed by atoms with E-state index in [4.69, 9.17) is 0 Å². The smallest absolute Gasteiger partial charge is 0.129 e. The summed E-state index contributed by atoms with van der Waals surface area (Å²) in [5.41, 5.74) is 0.336. The van der Waals surface area contributed by atoms with Crippen LogP contribution >= 0.6 is 11.3 Å². The van der Waals surface area contributed by atoms with Gasteiger partial charge in [-0.3, -0.25) is 0 Å². The Labute approximate surface area is 121 Å². The highest BCUT2D eigenvalue weighted by molar-refractivity contribution is 7.11. The standard InChI is InChI=1S/C15H17FN2OS/c16-13-4-2-1-3-12(13)14(19)9-17-7-11-8-18-15(20-11)10-5-6-10/h1-4,8,10,14,17,19H,5-7,9H2. The number of aliphatic hydroxyl groups excluding tert-OH is 1. The maximum atomic E-state index is 13.5. The van der Waals surface area contributed by atoms with Crippen molar-refractivity contribution in [1.82, 2.24) is 10.3 Å². The van der Waals surface area contributed by atoms with E-state index in [0.29, 0.717) is 24.6 Å². The molecule has 0 saturated heterocycles. The molecule has 1 heterocycles. The maximum Gasteiger partial charge on any atom is 0.129 e. The van der Waals surface area contributed by atoms with E-state index >= 15 is 0 Å². The summed E-state index contributed by atoms with van der Waals surface area (Å²) in [6.07, 6.45) is 3.58. The summed E-state index contributed by atoms with van der Waals surface area (Å²) < 4.78 is 13.5. The SMILES string of the molecule is OC(CNCc1cnc(C2CC2)s1)c1ccccc1F. The molecule has 106 valence electrons. The van der Waals surface area contributed by atoms with Crippen LogP contribution in [0.5, 0.6) is 0 Å². The van der Waals surface area contributed by atoms with Gasteiger partial charge in [0.05, 0.1) is 11.1 Å². The van der Waals surface area contributed by atoms with Crippen molar-refractivity contribution >= 4 is 11.3 Å². The molecule has 1 atom stereocenters. The molecule has 0 spiro atoms. The number of nitrogens with one attached hydrogen (secondary N) is 1. The average Bonchev–Trinajstić information content (AvgIpc) is 3.19. The van der Waals surface area contributed by atoms with Crippen LogP contribution in [-0.2, 0) is 6.54 Å². The summed E-state index contributed by atoms with van der Waals surface area (Å²) in [5, 5.41) is 14.3. The fourth-order valence-corrected chi connectivity index (χ4v) is 3.17. The molecule has 20 heavy (non-hydrogen) atoms. The number of thiazole rings is 1. The summed E-state index contributed by atoms with van der Waals surface area (Å²) >= 11 is 1.72. The number of nitrogens with zero attached hydrogens (tertiary/aromatic N) is 1. The molecule has 1 aliphatic rings. The minimum absolute atomic E-state index is 0.331. The third kappa shape index (κ3) is 3.23. The molecular formula is C15H17FN2OS. The van der Waals surface area contributed by atoms with Crippen LogP contribution in [0, 0.1) is 5.82 Å². The van der Waals surface area contributed by atoms with Crippen LogP contribution in [-0.4, -0.2) is 16.6 Å². The molecular weight excluding hydrogens is 275 g/mol. The fourth-order valence-electron chi connectivity index (χ4n) is 2.11. The second kappa shape index (κ2) is 5.99. The fraction of sp³-hybridized carbons (Fsp3) is 0.400. The minimum Gasteiger partial charge on any atom is -0.387 e. The first kappa shape index (κ1) is 13.7. The minimum atomic E-state index is -0.827. The first-order valence-electron chi connectivity index (χ1n) is 6.82. The Kier molecular flexibility index (Phi) is 4.10. The number of aromatic nitrogens is 1. The Balaban J connectivity index is 1.50. The molecule has 1 unspecified atom stereocenters. The lowest BCUT2D eigenvalue weighted by Crippen LogP contribution is -2.21. The predicted octanol–water partition coefficient (Wildman–Crippen LogP) is 2.98. The zero-order valence-corrected chi connectivity index (χ0v) is 11.9. The van der Waals surface area contributed by atoms with Gasteiger partial charge in [0.2, 0.25) is 0 Å². The first-order chi connectivity index (χ1) is 9.74. The molecule has 5 heteroatoms. The van der Waals surface area contributed by atoms with E-state index in [2.05, 4.69) is 10.3 Å². The molecule has 0 radical (unpaired) electrons. The van der Waals surface area contributed by atoms with Crippen molar-refractivity contribution in [2.45, 2.75) is 31.4 Å². The van der Waals surface area contributed by atoms with Crippen LogP contribution in [0.15, 0.2) is 30.5 Å². The predicted molar refractivity (Wildman–Crippen MR) is 77.2 cm³/mol. The van der Waals surface area contributed by atoms with Crippen molar-refractivity contribution in [3.63, 3.8) is 0 Å². The van der Waals surface area contributed by atoms with E-state index in [-0.39, 0.29) is 5.82 Å². The lowest BCUT2D eigenvalue weighted by Gasteiger charge is -2.12. The number of hydrogen-bond donors (Lipinski definition) is 2. The normalized spacial score (nSPS) is 16.3. The maximum absolute atomic E-state index is 13.5. The number of aliphatic hydroxyl groups is 1. The molecule has 2 N–H and O–H groups in total. The van der Waals surface area contributed by atoms with Crippen molar-refractivity contribution in [3.05, 3.63) is 51.7 Å². The van der Waals surface area contributed by atoms with Crippen molar-refractivity contribution in [2.75, 3.05) is 6.54 Å². The highest BCUT2D eigenvalue weighted by Gasteiger charge is 2.26. The zero-order valence-electron chi connectivity index (χ0n) is 11.1. The van der Waals surface area contributed by atoms with Crippen molar-refractivity contribution in [3.8, 4) is 0 Å². The molecule has 1 aliphatic carbocycles. The lowest BCUT2D eigenvalue weighted by atomic mass is 10.1. The summed E-state index contributed by atoms with van der Waals surface area (Å²) in [7, 11) is 0. The molecule has 3 rings (SSSR count). The van der Waals surface area contributed by atoms with E-state index in [0.717, 1.165) is 4.88 Å². The molecule has 1 aromatic heterocycles. The monoisotopic (exact) mass is 292 g/mol. The summed E-state index contributed by atoms with van der Waals surface area (Å²) in [5.74, 6) is 0.313. The Morgan fingerprint density at radius 3 is 2.95 bits per heavy atom. The third-order valence-corrected chi connectivity index (χ3v) is 4.56. The van der Waals surface area contributed by atoms with E-state index in [1.54, 1.807) is 29.5 Å². The van der Waals surface area contributed by atoms with Gasteiger partial charge in [-0.05, 0) is 18.9 Å². The quantitative estimate of drug-likeness (QED) is 0.860. The van der Waals surface area contributed by atoms with Gasteiger partial charge in [-0.15, -0.1) is 11.3 Å². The average molecular weight is 292 g/mol. The van der Waals surface area contributed by atoms with Crippen LogP contribution in [0.25, 0.3) is 0 Å². The Morgan fingerprint density at radius 2 is 2.20 bits per heavy atom. The van der Waals surface area contributed by atoms with E-state index in [9.17, 15) is 9.50 Å². The molecule has 1 fully saturated rings. The topological polar surface area (TPSA) is 45.1 Å². The summed E-state index contributed by atoms with van der Waals surface area (Å²) in [6.45, 7) is 0.994. The summed E-state index contributed by atoms with van der Waals surface area (Å²) in [6, 6.07) is 6.33. The molecule has 3 nitrogen and oxygen atoms in total. The molecule has 0 amide bonds. The van der Waals surface area contributed by atoms with Crippen molar-refractivity contribution in [1.29, 1.82) is 0 Å². The number of rotatable bonds is 6. The number of hydrogen-bond acceptors (Lipinski definition) is 4. The highest BCUT2D eigenvalue weighted by atomic mass is 32.1. The van der Waals surface area contributed by atoms with Gasteiger partial charge < -0.3 is 10.4 Å². The second-order valence-electron chi connectivity index (χ2n) is 5.11. The van der Waals surface area contributed by atoms with Crippen LogP contribution in [0.2, 0.25) is 0 Å². The molecule has 1 aromatic carbocycles. The van der Waals surface area contributed by atoms with Gasteiger partial charge in [0.15, 0.2) is 0 Å². The van der Waals surface area contributed by atoms with Crippen molar-refractivity contribution < 1.29 is 9.50 Å². The lowest BCUT2D eigenvalue weighted by molar-refractivity contribution is 0.170. The highest BCUT2D eigenvalue weighted by Crippen LogP contribution is 2.41. The van der Waals surface area contributed by atoms with Crippen molar-refractivity contribution in [2.24, 2.45) is 0 Å².